The third kappa shape index (κ3) is 4.91. The largest absolute Gasteiger partial charge is 0.389 e. The molecular weight excluding hydrogens is 294 g/mol. The van der Waals surface area contributed by atoms with Gasteiger partial charge in [0.1, 0.15) is 6.61 Å². The summed E-state index contributed by atoms with van der Waals surface area (Å²) in [5, 5.41) is 16.9. The molecule has 1 amide bonds. The zero-order valence-corrected chi connectivity index (χ0v) is 13.7. The van der Waals surface area contributed by atoms with Gasteiger partial charge in [0, 0.05) is 18.5 Å². The molecule has 0 unspecified atom stereocenters. The predicted octanol–water partition coefficient (Wildman–Crippen LogP) is 2.39. The number of aliphatic hydroxyl groups is 1. The van der Waals surface area contributed by atoms with E-state index in [9.17, 15) is 9.90 Å². The lowest BCUT2D eigenvalue weighted by Crippen LogP contribution is -2.30. The van der Waals surface area contributed by atoms with Crippen molar-refractivity contribution < 1.29 is 14.6 Å². The highest BCUT2D eigenvalue weighted by atomic mass is 16.5. The highest BCUT2D eigenvalue weighted by molar-refractivity contribution is 6.03. The molecule has 23 heavy (non-hydrogen) atoms. The Morgan fingerprint density at radius 2 is 2.09 bits per heavy atom. The van der Waals surface area contributed by atoms with E-state index >= 15 is 0 Å². The maximum atomic E-state index is 11.9. The molecule has 1 aromatic heterocycles. The number of rotatable bonds is 7. The molecule has 0 fully saturated rings. The van der Waals surface area contributed by atoms with Crippen LogP contribution in [0.15, 0.2) is 30.5 Å². The van der Waals surface area contributed by atoms with Crippen molar-refractivity contribution in [2.75, 3.05) is 30.4 Å². The van der Waals surface area contributed by atoms with E-state index in [1.54, 1.807) is 20.0 Å². The predicted molar refractivity (Wildman–Crippen MR) is 91.7 cm³/mol. The van der Waals surface area contributed by atoms with Crippen LogP contribution >= 0.6 is 0 Å². The minimum atomic E-state index is -0.878. The normalized spacial score (nSPS) is 11.5. The monoisotopic (exact) mass is 317 g/mol. The van der Waals surface area contributed by atoms with Gasteiger partial charge in [0.15, 0.2) is 0 Å². The number of nitrogens with one attached hydrogen (secondary N) is 2. The number of fused-ring (bicyclic) bond motifs is 1. The quantitative estimate of drug-likeness (QED) is 0.730. The van der Waals surface area contributed by atoms with Gasteiger partial charge in [-0.3, -0.25) is 9.78 Å². The molecule has 0 aliphatic rings. The van der Waals surface area contributed by atoms with Gasteiger partial charge in [-0.05, 0) is 26.8 Å². The fourth-order valence-corrected chi connectivity index (χ4v) is 2.11. The molecule has 6 heteroatoms. The van der Waals surface area contributed by atoms with E-state index in [-0.39, 0.29) is 12.5 Å². The van der Waals surface area contributed by atoms with Crippen LogP contribution in [0.5, 0.6) is 0 Å². The summed E-state index contributed by atoms with van der Waals surface area (Å²) in [4.78, 5) is 16.3. The number of ether oxygens (including phenoxy) is 1. The topological polar surface area (TPSA) is 83.5 Å². The molecule has 0 aliphatic carbocycles. The van der Waals surface area contributed by atoms with E-state index in [0.717, 1.165) is 16.6 Å². The van der Waals surface area contributed by atoms with Gasteiger partial charge < -0.3 is 20.5 Å². The second kappa shape index (κ2) is 7.39. The van der Waals surface area contributed by atoms with Crippen LogP contribution in [0.2, 0.25) is 0 Å². The van der Waals surface area contributed by atoms with Crippen molar-refractivity contribution in [1.82, 2.24) is 4.98 Å². The Morgan fingerprint density at radius 1 is 1.35 bits per heavy atom. The van der Waals surface area contributed by atoms with Gasteiger partial charge >= 0.3 is 0 Å². The number of pyridine rings is 1. The molecule has 0 bridgehead atoms. The van der Waals surface area contributed by atoms with Gasteiger partial charge in [0.2, 0.25) is 5.91 Å². The van der Waals surface area contributed by atoms with Gasteiger partial charge in [-0.25, -0.2) is 0 Å². The van der Waals surface area contributed by atoms with E-state index in [1.165, 1.54) is 0 Å². The van der Waals surface area contributed by atoms with Crippen molar-refractivity contribution in [3.63, 3.8) is 0 Å². The van der Waals surface area contributed by atoms with Crippen LogP contribution in [0.1, 0.15) is 20.8 Å². The van der Waals surface area contributed by atoms with E-state index in [1.807, 2.05) is 31.2 Å². The van der Waals surface area contributed by atoms with Crippen molar-refractivity contribution in [2.45, 2.75) is 26.4 Å². The molecule has 6 nitrogen and oxygen atoms in total. The molecule has 3 N–H and O–H groups in total. The summed E-state index contributed by atoms with van der Waals surface area (Å²) in [6, 6.07) is 7.64. The number of benzene rings is 1. The van der Waals surface area contributed by atoms with Crippen molar-refractivity contribution in [3.8, 4) is 0 Å². The minimum absolute atomic E-state index is 0.00569. The Balaban J connectivity index is 2.32. The van der Waals surface area contributed by atoms with Crippen LogP contribution in [0.25, 0.3) is 10.9 Å². The second-order valence-electron chi connectivity index (χ2n) is 5.92. The van der Waals surface area contributed by atoms with Gasteiger partial charge in [0.25, 0.3) is 0 Å². The van der Waals surface area contributed by atoms with Gasteiger partial charge in [0.05, 0.1) is 28.7 Å². The fraction of sp³-hybridized carbons (Fsp3) is 0.412. The molecular formula is C17H23N3O3. The summed E-state index contributed by atoms with van der Waals surface area (Å²) >= 11 is 0. The molecule has 0 aliphatic heterocycles. The lowest BCUT2D eigenvalue weighted by Gasteiger charge is -2.21. The molecule has 2 aromatic rings. The molecule has 2 rings (SSSR count). The summed E-state index contributed by atoms with van der Waals surface area (Å²) in [5.74, 6) is -0.241. The van der Waals surface area contributed by atoms with Crippen molar-refractivity contribution >= 4 is 28.2 Å². The molecule has 0 saturated heterocycles. The van der Waals surface area contributed by atoms with Crippen LogP contribution in [0, 0.1) is 0 Å². The average Bonchev–Trinajstić information content (AvgIpc) is 2.50. The van der Waals surface area contributed by atoms with Crippen LogP contribution in [-0.2, 0) is 9.53 Å². The van der Waals surface area contributed by atoms with Crippen LogP contribution in [-0.4, -0.2) is 41.4 Å². The van der Waals surface area contributed by atoms with Crippen LogP contribution in [0.3, 0.4) is 0 Å². The van der Waals surface area contributed by atoms with E-state index < -0.39 is 5.60 Å². The molecule has 0 radical (unpaired) electrons. The molecule has 0 atom stereocenters. The molecule has 1 heterocycles. The summed E-state index contributed by atoms with van der Waals surface area (Å²) in [6.45, 7) is 6.09. The van der Waals surface area contributed by atoms with Gasteiger partial charge in [-0.2, -0.15) is 0 Å². The summed E-state index contributed by atoms with van der Waals surface area (Å²) in [6.07, 6.45) is 1.61. The van der Waals surface area contributed by atoms with Crippen LogP contribution < -0.4 is 10.6 Å². The summed E-state index contributed by atoms with van der Waals surface area (Å²) in [5.41, 5.74) is 1.24. The Kier molecular flexibility index (Phi) is 5.52. The highest BCUT2D eigenvalue weighted by Crippen LogP contribution is 2.30. The molecule has 0 saturated carbocycles. The zero-order valence-electron chi connectivity index (χ0n) is 13.7. The third-order valence-electron chi connectivity index (χ3n) is 3.18. The Hall–Kier alpha value is -2.18. The van der Waals surface area contributed by atoms with E-state index in [2.05, 4.69) is 15.6 Å². The molecule has 1 aromatic carbocycles. The van der Waals surface area contributed by atoms with Crippen LogP contribution in [0.4, 0.5) is 11.4 Å². The van der Waals surface area contributed by atoms with Gasteiger partial charge in [-0.15, -0.1) is 0 Å². The maximum absolute atomic E-state index is 11.9. The number of hydrogen-bond donors (Lipinski definition) is 3. The Morgan fingerprint density at radius 3 is 2.78 bits per heavy atom. The number of anilines is 2. The second-order valence-corrected chi connectivity index (χ2v) is 5.92. The molecule has 0 spiro atoms. The Bertz CT molecular complexity index is 680. The standard InChI is InChI=1S/C17H23N3O3/c1-4-23-10-15(21)20-14-9-18-13-8-6-5-7-12(13)16(14)19-11-17(2,3)22/h5-9,22H,4,10-11H2,1-3H3,(H,18,19)(H,20,21). The first-order chi connectivity index (χ1) is 10.9. The number of carbonyl (C=O) groups is 1. The van der Waals surface area contributed by atoms with Crippen molar-refractivity contribution in [1.29, 1.82) is 0 Å². The first-order valence-electron chi connectivity index (χ1n) is 7.62. The van der Waals surface area contributed by atoms with E-state index in [0.29, 0.717) is 18.8 Å². The minimum Gasteiger partial charge on any atom is -0.389 e. The first-order valence-corrected chi connectivity index (χ1v) is 7.62. The van der Waals surface area contributed by atoms with Crippen molar-refractivity contribution in [3.05, 3.63) is 30.5 Å². The first kappa shape index (κ1) is 17.2. The Labute approximate surface area is 135 Å². The van der Waals surface area contributed by atoms with Crippen molar-refractivity contribution in [2.24, 2.45) is 0 Å². The zero-order chi connectivity index (χ0) is 16.9. The number of para-hydroxylation sites is 1. The molecule has 124 valence electrons. The summed E-state index contributed by atoms with van der Waals surface area (Å²) < 4.78 is 5.12. The smallest absolute Gasteiger partial charge is 0.250 e. The lowest BCUT2D eigenvalue weighted by molar-refractivity contribution is -0.120. The highest BCUT2D eigenvalue weighted by Gasteiger charge is 2.16. The fourth-order valence-electron chi connectivity index (χ4n) is 2.11. The number of hydrogen-bond acceptors (Lipinski definition) is 5. The summed E-state index contributed by atoms with van der Waals surface area (Å²) in [7, 11) is 0. The van der Waals surface area contributed by atoms with E-state index in [4.69, 9.17) is 4.74 Å². The lowest BCUT2D eigenvalue weighted by atomic mass is 10.1. The average molecular weight is 317 g/mol. The maximum Gasteiger partial charge on any atom is 0.250 e. The third-order valence-corrected chi connectivity index (χ3v) is 3.18. The number of amides is 1. The van der Waals surface area contributed by atoms with Gasteiger partial charge in [-0.1, -0.05) is 18.2 Å². The number of carbonyl (C=O) groups excluding carboxylic acids is 1. The SMILES string of the molecule is CCOCC(=O)Nc1cnc2ccccc2c1NCC(C)(C)O. The number of nitrogens with zero attached hydrogens (tertiary/aromatic N) is 1. The number of aromatic nitrogens is 1.